The van der Waals surface area contributed by atoms with Crippen molar-refractivity contribution in [2.45, 2.75) is 44.2 Å². The Bertz CT molecular complexity index is 367. The van der Waals surface area contributed by atoms with E-state index in [-0.39, 0.29) is 0 Å². The molecule has 0 amide bonds. The van der Waals surface area contributed by atoms with Gasteiger partial charge in [-0.2, -0.15) is 0 Å². The summed E-state index contributed by atoms with van der Waals surface area (Å²) in [5, 5.41) is 3.59. The summed E-state index contributed by atoms with van der Waals surface area (Å²) in [5.41, 5.74) is 7.39. The van der Waals surface area contributed by atoms with Gasteiger partial charge in [-0.1, -0.05) is 31.0 Å². The summed E-state index contributed by atoms with van der Waals surface area (Å²) in [7, 11) is 1.73. The third kappa shape index (κ3) is 3.47. The fraction of sp³-hybridized carbons (Fsp3) is 0.600. The van der Waals surface area contributed by atoms with E-state index in [1.54, 1.807) is 7.11 Å². The third-order valence-corrected chi connectivity index (χ3v) is 3.81. The average molecular weight is 248 g/mol. The first-order valence-corrected chi connectivity index (χ1v) is 6.92. The van der Waals surface area contributed by atoms with Crippen molar-refractivity contribution >= 4 is 0 Å². The van der Waals surface area contributed by atoms with Gasteiger partial charge in [-0.3, -0.25) is 0 Å². The standard InChI is InChI=1S/C15H24N2O/c1-18-15-9-5-2-6-12(15)10-11-17-14-8-4-3-7-13(14)16/h2,5-6,9,13-14,17H,3-4,7-8,10-11,16H2,1H3. The molecule has 1 fully saturated rings. The molecule has 1 aliphatic rings. The molecule has 1 aromatic rings. The summed E-state index contributed by atoms with van der Waals surface area (Å²) >= 11 is 0. The summed E-state index contributed by atoms with van der Waals surface area (Å²) in [5.74, 6) is 0.979. The molecule has 2 unspecified atom stereocenters. The Morgan fingerprint density at radius 2 is 2.06 bits per heavy atom. The molecule has 3 heteroatoms. The number of nitrogens with one attached hydrogen (secondary N) is 1. The van der Waals surface area contributed by atoms with E-state index in [2.05, 4.69) is 17.4 Å². The Hall–Kier alpha value is -1.06. The molecule has 0 spiro atoms. The van der Waals surface area contributed by atoms with E-state index in [0.717, 1.165) is 25.1 Å². The molecule has 3 N–H and O–H groups in total. The van der Waals surface area contributed by atoms with Crippen LogP contribution in [0.4, 0.5) is 0 Å². The molecule has 0 radical (unpaired) electrons. The lowest BCUT2D eigenvalue weighted by atomic mass is 9.91. The minimum atomic E-state index is 0.330. The van der Waals surface area contributed by atoms with Gasteiger partial charge in [0, 0.05) is 12.1 Å². The molecule has 1 aromatic carbocycles. The van der Waals surface area contributed by atoms with Crippen molar-refractivity contribution in [3.8, 4) is 5.75 Å². The molecule has 2 atom stereocenters. The summed E-state index contributed by atoms with van der Waals surface area (Å²) in [4.78, 5) is 0. The number of rotatable bonds is 5. The fourth-order valence-electron chi connectivity index (χ4n) is 2.71. The highest BCUT2D eigenvalue weighted by Crippen LogP contribution is 2.19. The third-order valence-electron chi connectivity index (χ3n) is 3.81. The van der Waals surface area contributed by atoms with Crippen LogP contribution >= 0.6 is 0 Å². The van der Waals surface area contributed by atoms with Crippen LogP contribution in [0.15, 0.2) is 24.3 Å². The number of nitrogens with two attached hydrogens (primary N) is 1. The van der Waals surface area contributed by atoms with E-state index in [1.807, 2.05) is 12.1 Å². The normalized spacial score (nSPS) is 23.9. The van der Waals surface area contributed by atoms with Gasteiger partial charge in [0.1, 0.15) is 5.75 Å². The maximum absolute atomic E-state index is 6.13. The van der Waals surface area contributed by atoms with Crippen LogP contribution in [-0.4, -0.2) is 25.7 Å². The Balaban J connectivity index is 1.80. The number of benzene rings is 1. The van der Waals surface area contributed by atoms with Crippen LogP contribution in [0.3, 0.4) is 0 Å². The second kappa shape index (κ2) is 6.76. The lowest BCUT2D eigenvalue weighted by Gasteiger charge is -2.29. The number of para-hydroxylation sites is 1. The van der Waals surface area contributed by atoms with Crippen molar-refractivity contribution in [2.24, 2.45) is 5.73 Å². The molecule has 1 aliphatic carbocycles. The van der Waals surface area contributed by atoms with Crippen LogP contribution in [0, 0.1) is 0 Å². The highest BCUT2D eigenvalue weighted by molar-refractivity contribution is 5.33. The predicted octanol–water partition coefficient (Wildman–Crippen LogP) is 2.10. The SMILES string of the molecule is COc1ccccc1CCNC1CCCCC1N. The maximum atomic E-state index is 6.13. The van der Waals surface area contributed by atoms with E-state index in [0.29, 0.717) is 12.1 Å². The van der Waals surface area contributed by atoms with Crippen LogP contribution in [0.5, 0.6) is 5.75 Å². The van der Waals surface area contributed by atoms with Gasteiger partial charge < -0.3 is 15.8 Å². The smallest absolute Gasteiger partial charge is 0.122 e. The zero-order chi connectivity index (χ0) is 12.8. The van der Waals surface area contributed by atoms with Crippen molar-refractivity contribution in [1.82, 2.24) is 5.32 Å². The monoisotopic (exact) mass is 248 g/mol. The highest BCUT2D eigenvalue weighted by atomic mass is 16.5. The van der Waals surface area contributed by atoms with Gasteiger partial charge >= 0.3 is 0 Å². The average Bonchev–Trinajstić information content (AvgIpc) is 2.41. The largest absolute Gasteiger partial charge is 0.496 e. The first-order valence-electron chi connectivity index (χ1n) is 6.92. The van der Waals surface area contributed by atoms with Crippen molar-refractivity contribution in [2.75, 3.05) is 13.7 Å². The molecule has 2 rings (SSSR count). The zero-order valence-corrected chi connectivity index (χ0v) is 11.2. The minimum Gasteiger partial charge on any atom is -0.496 e. The van der Waals surface area contributed by atoms with Crippen molar-refractivity contribution in [3.05, 3.63) is 29.8 Å². The van der Waals surface area contributed by atoms with Gasteiger partial charge in [0.15, 0.2) is 0 Å². The molecular formula is C15H24N2O. The van der Waals surface area contributed by atoms with E-state index in [4.69, 9.17) is 10.5 Å². The Morgan fingerprint density at radius 3 is 2.83 bits per heavy atom. The van der Waals surface area contributed by atoms with Crippen LogP contribution in [0.25, 0.3) is 0 Å². The second-order valence-corrected chi connectivity index (χ2v) is 5.07. The zero-order valence-electron chi connectivity index (χ0n) is 11.2. The van der Waals surface area contributed by atoms with E-state index in [1.165, 1.54) is 24.8 Å². The maximum Gasteiger partial charge on any atom is 0.122 e. The minimum absolute atomic E-state index is 0.330. The predicted molar refractivity (Wildman–Crippen MR) is 74.9 cm³/mol. The molecule has 18 heavy (non-hydrogen) atoms. The number of hydrogen-bond donors (Lipinski definition) is 2. The molecular weight excluding hydrogens is 224 g/mol. The van der Waals surface area contributed by atoms with E-state index >= 15 is 0 Å². The summed E-state index contributed by atoms with van der Waals surface area (Å²) in [6.45, 7) is 0.971. The van der Waals surface area contributed by atoms with E-state index in [9.17, 15) is 0 Å². The first-order chi connectivity index (χ1) is 8.81. The Kier molecular flexibility index (Phi) is 5.02. The number of hydrogen-bond acceptors (Lipinski definition) is 3. The van der Waals surface area contributed by atoms with Gasteiger partial charge in [-0.25, -0.2) is 0 Å². The topological polar surface area (TPSA) is 47.3 Å². The molecule has 0 aromatic heterocycles. The van der Waals surface area contributed by atoms with E-state index < -0.39 is 0 Å². The second-order valence-electron chi connectivity index (χ2n) is 5.07. The molecule has 1 saturated carbocycles. The molecule has 0 bridgehead atoms. The Morgan fingerprint density at radius 1 is 1.28 bits per heavy atom. The number of ether oxygens (including phenoxy) is 1. The molecule has 3 nitrogen and oxygen atoms in total. The van der Waals surface area contributed by atoms with Crippen LogP contribution in [-0.2, 0) is 6.42 Å². The lowest BCUT2D eigenvalue weighted by molar-refractivity contribution is 0.329. The molecule has 100 valence electrons. The summed E-state index contributed by atoms with van der Waals surface area (Å²) in [6, 6.07) is 9.03. The quantitative estimate of drug-likeness (QED) is 0.839. The van der Waals surface area contributed by atoms with Crippen LogP contribution < -0.4 is 15.8 Å². The van der Waals surface area contributed by atoms with Gasteiger partial charge in [0.2, 0.25) is 0 Å². The van der Waals surface area contributed by atoms with Crippen molar-refractivity contribution in [1.29, 1.82) is 0 Å². The Labute approximate surface area is 110 Å². The van der Waals surface area contributed by atoms with Gasteiger partial charge in [-0.05, 0) is 37.4 Å². The van der Waals surface area contributed by atoms with Crippen molar-refractivity contribution in [3.63, 3.8) is 0 Å². The summed E-state index contributed by atoms with van der Waals surface area (Å²) in [6.07, 6.45) is 5.96. The van der Waals surface area contributed by atoms with Crippen molar-refractivity contribution < 1.29 is 4.74 Å². The summed E-state index contributed by atoms with van der Waals surface area (Å²) < 4.78 is 5.36. The highest BCUT2D eigenvalue weighted by Gasteiger charge is 2.20. The molecule has 0 saturated heterocycles. The van der Waals surface area contributed by atoms with Gasteiger partial charge in [0.25, 0.3) is 0 Å². The lowest BCUT2D eigenvalue weighted by Crippen LogP contribution is -2.47. The molecule has 0 aliphatic heterocycles. The van der Waals surface area contributed by atoms with Gasteiger partial charge in [0.05, 0.1) is 7.11 Å². The van der Waals surface area contributed by atoms with Crippen LogP contribution in [0.1, 0.15) is 31.2 Å². The molecule has 0 heterocycles. The first kappa shape index (κ1) is 13.4. The van der Waals surface area contributed by atoms with Gasteiger partial charge in [-0.15, -0.1) is 0 Å². The number of methoxy groups -OCH3 is 1. The van der Waals surface area contributed by atoms with Crippen LogP contribution in [0.2, 0.25) is 0 Å². The fourth-order valence-corrected chi connectivity index (χ4v) is 2.71.